The molecule has 0 unspecified atom stereocenters. The number of nitrogens with zero attached hydrogens (tertiary/aromatic N) is 2. The molecule has 2 aromatic rings. The number of hydrogen-bond acceptors (Lipinski definition) is 6. The van der Waals surface area contributed by atoms with E-state index in [1.54, 1.807) is 37.3 Å². The summed E-state index contributed by atoms with van der Waals surface area (Å²) in [4.78, 5) is 27.5. The van der Waals surface area contributed by atoms with Crippen LogP contribution < -0.4 is 19.1 Å². The van der Waals surface area contributed by atoms with Gasteiger partial charge in [0.05, 0.1) is 11.9 Å². The van der Waals surface area contributed by atoms with Gasteiger partial charge in [0.1, 0.15) is 11.9 Å². The fourth-order valence-corrected chi connectivity index (χ4v) is 5.00. The molecular formula is C25H32FN3O6S. The van der Waals surface area contributed by atoms with Gasteiger partial charge in [0.2, 0.25) is 28.6 Å². The molecule has 2 aromatic carbocycles. The molecule has 0 saturated heterocycles. The topological polar surface area (TPSA) is 105 Å². The zero-order valence-electron chi connectivity index (χ0n) is 20.7. The maximum atomic E-state index is 13.4. The van der Waals surface area contributed by atoms with Gasteiger partial charge in [-0.2, -0.15) is 0 Å². The number of ether oxygens (including phenoxy) is 2. The Morgan fingerprint density at radius 2 is 1.78 bits per heavy atom. The van der Waals surface area contributed by atoms with Gasteiger partial charge in [-0.15, -0.1) is 0 Å². The lowest BCUT2D eigenvalue weighted by atomic mass is 10.1. The number of likely N-dealkylation sites (N-methyl/N-ethyl adjacent to an activating group) is 1. The molecule has 3 rings (SSSR count). The van der Waals surface area contributed by atoms with E-state index in [0.717, 1.165) is 6.26 Å². The monoisotopic (exact) mass is 521 g/mol. The van der Waals surface area contributed by atoms with Crippen LogP contribution in [0.2, 0.25) is 0 Å². The molecule has 0 aliphatic carbocycles. The summed E-state index contributed by atoms with van der Waals surface area (Å²) < 4.78 is 50.2. The van der Waals surface area contributed by atoms with Crippen molar-refractivity contribution in [2.75, 3.05) is 30.4 Å². The number of nitrogens with one attached hydrogen (secondary N) is 1. The summed E-state index contributed by atoms with van der Waals surface area (Å²) in [5.41, 5.74) is 1.09. The molecule has 1 aliphatic rings. The number of hydrogen-bond donors (Lipinski definition) is 1. The Morgan fingerprint density at radius 1 is 1.08 bits per heavy atom. The molecule has 0 fully saturated rings. The normalized spacial score (nSPS) is 13.2. The molecule has 2 amide bonds. The molecule has 0 spiro atoms. The van der Waals surface area contributed by atoms with Crippen LogP contribution in [0.3, 0.4) is 0 Å². The molecule has 11 heteroatoms. The van der Waals surface area contributed by atoms with Crippen LogP contribution in [0.25, 0.3) is 0 Å². The fourth-order valence-electron chi connectivity index (χ4n) is 4.04. The van der Waals surface area contributed by atoms with Gasteiger partial charge in [-0.3, -0.25) is 13.9 Å². The van der Waals surface area contributed by atoms with E-state index >= 15 is 0 Å². The highest BCUT2D eigenvalue weighted by atomic mass is 32.2. The average Bonchev–Trinajstić information content (AvgIpc) is 3.30. The highest BCUT2D eigenvalue weighted by molar-refractivity contribution is 7.92. The van der Waals surface area contributed by atoms with Crippen LogP contribution in [0, 0.1) is 5.82 Å². The van der Waals surface area contributed by atoms with E-state index in [4.69, 9.17) is 9.47 Å². The number of amides is 2. The first-order chi connectivity index (χ1) is 17.1. The molecule has 1 atom stereocenters. The molecule has 36 heavy (non-hydrogen) atoms. The molecule has 1 heterocycles. The molecule has 0 aromatic heterocycles. The van der Waals surface area contributed by atoms with Gasteiger partial charge in [-0.1, -0.05) is 19.1 Å². The maximum Gasteiger partial charge on any atom is 0.242 e. The quantitative estimate of drug-likeness (QED) is 0.460. The molecular weight excluding hydrogens is 489 g/mol. The molecule has 1 aliphatic heterocycles. The highest BCUT2D eigenvalue weighted by Crippen LogP contribution is 2.36. The summed E-state index contributed by atoms with van der Waals surface area (Å²) in [7, 11) is -3.64. The standard InChI is InChI=1S/C25H32FN3O6S/c1-4-21(25(31)27-5-2)28(16-18-8-10-19(26)11-9-18)24(30)7-6-14-29(36(3,32)33)20-12-13-22-23(15-20)35-17-34-22/h8-13,15,21H,4-7,14,16-17H2,1-3H3,(H,27,31)/t21-/m1/s1. The van der Waals surface area contributed by atoms with Gasteiger partial charge in [-0.05, 0) is 49.6 Å². The molecule has 9 nitrogen and oxygen atoms in total. The summed E-state index contributed by atoms with van der Waals surface area (Å²) in [6.45, 7) is 4.30. The van der Waals surface area contributed by atoms with Gasteiger partial charge >= 0.3 is 0 Å². The molecule has 0 radical (unpaired) electrons. The second kappa shape index (κ2) is 12.1. The minimum Gasteiger partial charge on any atom is -0.454 e. The van der Waals surface area contributed by atoms with Crippen molar-refractivity contribution in [1.82, 2.24) is 10.2 Å². The summed E-state index contributed by atoms with van der Waals surface area (Å²) in [6.07, 6.45) is 1.74. The van der Waals surface area contributed by atoms with E-state index in [1.807, 2.05) is 6.92 Å². The van der Waals surface area contributed by atoms with Crippen LogP contribution in [0.1, 0.15) is 38.7 Å². The van der Waals surface area contributed by atoms with Crippen molar-refractivity contribution < 1.29 is 31.9 Å². The SMILES string of the molecule is CCNC(=O)[C@@H](CC)N(Cc1ccc(F)cc1)C(=O)CCCN(c1ccc2c(c1)OCO2)S(C)(=O)=O. The van der Waals surface area contributed by atoms with Crippen molar-refractivity contribution >= 4 is 27.5 Å². The summed E-state index contributed by atoms with van der Waals surface area (Å²) in [5.74, 6) is 0.0344. The van der Waals surface area contributed by atoms with Crippen molar-refractivity contribution in [2.45, 2.75) is 45.7 Å². The third-order valence-electron chi connectivity index (χ3n) is 5.80. The first-order valence-electron chi connectivity index (χ1n) is 11.8. The first kappa shape index (κ1) is 27.3. The van der Waals surface area contributed by atoms with E-state index in [2.05, 4.69) is 5.32 Å². The van der Waals surface area contributed by atoms with Crippen molar-refractivity contribution in [1.29, 1.82) is 0 Å². The smallest absolute Gasteiger partial charge is 0.242 e. The maximum absolute atomic E-state index is 13.4. The largest absolute Gasteiger partial charge is 0.454 e. The number of rotatable bonds is 12. The van der Waals surface area contributed by atoms with Crippen molar-refractivity contribution in [3.8, 4) is 11.5 Å². The lowest BCUT2D eigenvalue weighted by Gasteiger charge is -2.31. The number of sulfonamides is 1. The summed E-state index contributed by atoms with van der Waals surface area (Å²) in [5, 5.41) is 2.76. The molecule has 196 valence electrons. The Hall–Kier alpha value is -3.34. The minimum absolute atomic E-state index is 0.0215. The molecule has 1 N–H and O–H groups in total. The zero-order chi connectivity index (χ0) is 26.3. The summed E-state index contributed by atoms with van der Waals surface area (Å²) >= 11 is 0. The van der Waals surface area contributed by atoms with Crippen LogP contribution in [0.15, 0.2) is 42.5 Å². The van der Waals surface area contributed by atoms with Gasteiger partial charge in [0.25, 0.3) is 0 Å². The first-order valence-corrected chi connectivity index (χ1v) is 13.7. The second-order valence-electron chi connectivity index (χ2n) is 8.44. The van der Waals surface area contributed by atoms with Crippen molar-refractivity contribution in [3.05, 3.63) is 53.8 Å². The third kappa shape index (κ3) is 6.87. The molecule has 0 bridgehead atoms. The number of fused-ring (bicyclic) bond motifs is 1. The number of benzene rings is 2. The Balaban J connectivity index is 1.75. The average molecular weight is 522 g/mol. The van der Waals surface area contributed by atoms with Gasteiger partial charge in [-0.25, -0.2) is 12.8 Å². The van der Waals surface area contributed by atoms with Crippen molar-refractivity contribution in [2.24, 2.45) is 0 Å². The predicted molar refractivity (Wildman–Crippen MR) is 134 cm³/mol. The van der Waals surface area contributed by atoms with E-state index in [1.165, 1.54) is 21.3 Å². The number of halogens is 1. The van der Waals surface area contributed by atoms with Crippen LogP contribution in [-0.2, 0) is 26.2 Å². The molecule has 0 saturated carbocycles. The van der Waals surface area contributed by atoms with Crippen LogP contribution in [0.5, 0.6) is 11.5 Å². The van der Waals surface area contributed by atoms with E-state index in [9.17, 15) is 22.4 Å². The fraction of sp³-hybridized carbons (Fsp3) is 0.440. The van der Waals surface area contributed by atoms with Crippen LogP contribution >= 0.6 is 0 Å². The van der Waals surface area contributed by atoms with Gasteiger partial charge in [0, 0.05) is 32.1 Å². The Morgan fingerprint density at radius 3 is 2.42 bits per heavy atom. The second-order valence-corrected chi connectivity index (χ2v) is 10.3. The zero-order valence-corrected chi connectivity index (χ0v) is 21.5. The number of carbonyl (C=O) groups is 2. The van der Waals surface area contributed by atoms with Crippen molar-refractivity contribution in [3.63, 3.8) is 0 Å². The number of anilines is 1. The van der Waals surface area contributed by atoms with E-state index in [-0.39, 0.29) is 44.5 Å². The van der Waals surface area contributed by atoms with Gasteiger partial charge < -0.3 is 19.7 Å². The van der Waals surface area contributed by atoms with Crippen LogP contribution in [0.4, 0.5) is 10.1 Å². The van der Waals surface area contributed by atoms with E-state index < -0.39 is 21.9 Å². The Kier molecular flexibility index (Phi) is 9.14. The highest BCUT2D eigenvalue weighted by Gasteiger charge is 2.29. The van der Waals surface area contributed by atoms with Gasteiger partial charge in [0.15, 0.2) is 11.5 Å². The third-order valence-corrected chi connectivity index (χ3v) is 6.99. The Bertz CT molecular complexity index is 1170. The lowest BCUT2D eigenvalue weighted by molar-refractivity contribution is -0.141. The summed E-state index contributed by atoms with van der Waals surface area (Å²) in [6, 6.07) is 9.91. The van der Waals surface area contributed by atoms with E-state index in [0.29, 0.717) is 35.7 Å². The number of carbonyl (C=O) groups excluding carboxylic acids is 2. The predicted octanol–water partition coefficient (Wildman–Crippen LogP) is 3.04. The lowest BCUT2D eigenvalue weighted by Crippen LogP contribution is -2.49. The van der Waals surface area contributed by atoms with Crippen LogP contribution in [-0.4, -0.2) is 57.3 Å². The Labute approximate surface area is 211 Å². The minimum atomic E-state index is -3.64.